The van der Waals surface area contributed by atoms with Crippen molar-refractivity contribution in [3.63, 3.8) is 0 Å². The Morgan fingerprint density at radius 3 is 2.57 bits per heavy atom. The zero-order valence-corrected chi connectivity index (χ0v) is 19.5. The fourth-order valence-corrected chi connectivity index (χ4v) is 8.60. The molecule has 0 spiro atoms. The van der Waals surface area contributed by atoms with Crippen LogP contribution in [-0.4, -0.2) is 11.8 Å². The van der Waals surface area contributed by atoms with Crippen LogP contribution in [0, 0.1) is 46.3 Å². The summed E-state index contributed by atoms with van der Waals surface area (Å²) in [6, 6.07) is 0. The van der Waals surface area contributed by atoms with E-state index in [2.05, 4.69) is 20.8 Å². The largest absolute Gasteiger partial charge is 0.550 e. The fraction of sp³-hybridized carbons (Fsp3) is 0.852. The van der Waals surface area contributed by atoms with Gasteiger partial charge in [0.05, 0.1) is 0 Å². The third-order valence-corrected chi connectivity index (χ3v) is 10.4. The van der Waals surface area contributed by atoms with Gasteiger partial charge < -0.3 is 9.90 Å². The number of ketones is 1. The number of carboxylic acids is 1. The Kier molecular flexibility index (Phi) is 5.96. The molecular formula is C27H41O3-. The molecule has 3 heteroatoms. The molecule has 0 aromatic carbocycles. The first-order valence-electron chi connectivity index (χ1n) is 12.6. The molecule has 168 valence electrons. The maximum Gasteiger partial charge on any atom is 0.155 e. The zero-order chi connectivity index (χ0) is 21.7. The summed E-state index contributed by atoms with van der Waals surface area (Å²) in [5, 5.41) is 11.0. The monoisotopic (exact) mass is 413 g/mol. The van der Waals surface area contributed by atoms with Crippen LogP contribution in [0.15, 0.2) is 11.6 Å². The number of hydrogen-bond donors (Lipinski definition) is 0. The van der Waals surface area contributed by atoms with Gasteiger partial charge >= 0.3 is 0 Å². The third-order valence-electron chi connectivity index (χ3n) is 10.4. The van der Waals surface area contributed by atoms with Crippen molar-refractivity contribution >= 4 is 11.8 Å². The average molecular weight is 414 g/mol. The number of hydrogen-bond acceptors (Lipinski definition) is 3. The Morgan fingerprint density at radius 2 is 1.83 bits per heavy atom. The van der Waals surface area contributed by atoms with E-state index in [4.69, 9.17) is 0 Å². The second-order valence-corrected chi connectivity index (χ2v) is 11.8. The van der Waals surface area contributed by atoms with E-state index >= 15 is 0 Å². The number of aliphatic carboxylic acids is 1. The van der Waals surface area contributed by atoms with Gasteiger partial charge in [-0.05, 0) is 104 Å². The number of carboxylic acid groups (broad SMARTS) is 1. The number of fused-ring (bicyclic) bond motifs is 5. The van der Waals surface area contributed by atoms with Crippen molar-refractivity contribution in [1.29, 1.82) is 0 Å². The molecule has 1 unspecified atom stereocenters. The van der Waals surface area contributed by atoms with Crippen molar-refractivity contribution < 1.29 is 14.7 Å². The van der Waals surface area contributed by atoms with Crippen LogP contribution < -0.4 is 5.11 Å². The Balaban J connectivity index is 1.44. The van der Waals surface area contributed by atoms with Crippen LogP contribution in [0.4, 0.5) is 0 Å². The van der Waals surface area contributed by atoms with Crippen LogP contribution >= 0.6 is 0 Å². The molecule has 3 saturated carbocycles. The van der Waals surface area contributed by atoms with Gasteiger partial charge in [-0.2, -0.15) is 0 Å². The van der Waals surface area contributed by atoms with Gasteiger partial charge in [-0.25, -0.2) is 0 Å². The van der Waals surface area contributed by atoms with Crippen molar-refractivity contribution in [3.05, 3.63) is 11.6 Å². The Morgan fingerprint density at radius 1 is 1.07 bits per heavy atom. The lowest BCUT2D eigenvalue weighted by atomic mass is 9.46. The lowest BCUT2D eigenvalue weighted by molar-refractivity contribution is -0.311. The van der Waals surface area contributed by atoms with Gasteiger partial charge in [0.1, 0.15) is 0 Å². The second-order valence-electron chi connectivity index (χ2n) is 11.8. The maximum atomic E-state index is 12.0. The highest BCUT2D eigenvalue weighted by Gasteiger charge is 2.59. The molecule has 0 aromatic heterocycles. The van der Waals surface area contributed by atoms with Crippen molar-refractivity contribution in [2.24, 2.45) is 46.3 Å². The highest BCUT2D eigenvalue weighted by Crippen LogP contribution is 2.67. The van der Waals surface area contributed by atoms with E-state index in [0.717, 1.165) is 62.2 Å². The van der Waals surface area contributed by atoms with Crippen molar-refractivity contribution in [2.45, 2.75) is 98.3 Å². The normalized spacial score (nSPS) is 42.5. The molecule has 8 atom stereocenters. The minimum atomic E-state index is -0.905. The fourth-order valence-electron chi connectivity index (χ4n) is 8.60. The Hall–Kier alpha value is -1.12. The molecule has 0 N–H and O–H groups in total. The van der Waals surface area contributed by atoms with E-state index in [-0.39, 0.29) is 11.3 Å². The summed E-state index contributed by atoms with van der Waals surface area (Å²) in [6.45, 7) is 9.26. The van der Waals surface area contributed by atoms with Crippen molar-refractivity contribution in [1.82, 2.24) is 0 Å². The standard InChI is InChI=1S/C27H42O3/c1-17(6-5-7-18(2)25(29)30)22-10-11-23-21-9-8-19-16-20(28)12-14-26(19,3)24(21)13-15-27(22,23)4/h16-18,21-24H,5-15H2,1-4H3,(H,29,30)/p-1/t17-,18?,21+,22-,23+,24+,26+,27-/m1/s1. The van der Waals surface area contributed by atoms with Crippen molar-refractivity contribution in [2.75, 3.05) is 0 Å². The van der Waals surface area contributed by atoms with Crippen LogP contribution in [-0.2, 0) is 9.59 Å². The Bertz CT molecular complexity index is 724. The molecule has 0 aliphatic heterocycles. The third kappa shape index (κ3) is 3.58. The van der Waals surface area contributed by atoms with E-state index in [0.29, 0.717) is 17.1 Å². The summed E-state index contributed by atoms with van der Waals surface area (Å²) in [7, 11) is 0. The quantitative estimate of drug-likeness (QED) is 0.591. The molecule has 0 saturated heterocycles. The van der Waals surface area contributed by atoms with Crippen LogP contribution in [0.3, 0.4) is 0 Å². The summed E-state index contributed by atoms with van der Waals surface area (Å²) in [6.07, 6.45) is 14.5. The first-order valence-corrected chi connectivity index (χ1v) is 12.6. The predicted molar refractivity (Wildman–Crippen MR) is 117 cm³/mol. The van der Waals surface area contributed by atoms with Gasteiger partial charge in [-0.1, -0.05) is 46.1 Å². The molecule has 0 heterocycles. The van der Waals surface area contributed by atoms with E-state index < -0.39 is 5.97 Å². The van der Waals surface area contributed by atoms with Gasteiger partial charge in [0.2, 0.25) is 0 Å². The molecule has 4 aliphatic rings. The minimum absolute atomic E-state index is 0.267. The molecule has 3 fully saturated rings. The topological polar surface area (TPSA) is 57.2 Å². The first kappa shape index (κ1) is 22.1. The van der Waals surface area contributed by atoms with Crippen molar-refractivity contribution in [3.8, 4) is 0 Å². The zero-order valence-electron chi connectivity index (χ0n) is 19.5. The second kappa shape index (κ2) is 8.10. The number of carbonyl (C=O) groups excluding carboxylic acids is 2. The van der Waals surface area contributed by atoms with Gasteiger partial charge in [0.25, 0.3) is 0 Å². The summed E-state index contributed by atoms with van der Waals surface area (Å²) in [5.41, 5.74) is 2.18. The lowest BCUT2D eigenvalue weighted by Gasteiger charge is -2.58. The smallest absolute Gasteiger partial charge is 0.155 e. The van der Waals surface area contributed by atoms with E-state index in [1.807, 2.05) is 6.08 Å². The van der Waals surface area contributed by atoms with E-state index in [1.165, 1.54) is 37.7 Å². The minimum Gasteiger partial charge on any atom is -0.550 e. The number of rotatable bonds is 6. The van der Waals surface area contributed by atoms with E-state index in [1.54, 1.807) is 6.92 Å². The molecule has 30 heavy (non-hydrogen) atoms. The van der Waals surface area contributed by atoms with Gasteiger partial charge in [0.15, 0.2) is 5.78 Å². The SMILES string of the molecule is CC(CCC[C@@H](C)[C@H]1CC[C@H]2[C@@H]3CCC4=CC(=O)CC[C@]4(C)[C@H]3CC[C@]12C)C(=O)[O-]. The summed E-state index contributed by atoms with van der Waals surface area (Å²) >= 11 is 0. The molecule has 0 aromatic rings. The van der Waals surface area contributed by atoms with Crippen LogP contribution in [0.1, 0.15) is 98.3 Å². The molecular weight excluding hydrogens is 372 g/mol. The molecule has 4 aliphatic carbocycles. The number of allylic oxidation sites excluding steroid dienone is 1. The number of carbonyl (C=O) groups is 2. The molecule has 0 amide bonds. The van der Waals surface area contributed by atoms with Gasteiger partial charge in [0, 0.05) is 12.4 Å². The lowest BCUT2D eigenvalue weighted by Crippen LogP contribution is -2.50. The molecule has 4 rings (SSSR count). The first-order chi connectivity index (χ1) is 14.2. The van der Waals surface area contributed by atoms with Gasteiger partial charge in [-0.15, -0.1) is 0 Å². The predicted octanol–water partition coefficient (Wildman–Crippen LogP) is 5.33. The van der Waals surface area contributed by atoms with Gasteiger partial charge in [-0.3, -0.25) is 4.79 Å². The van der Waals surface area contributed by atoms with Crippen LogP contribution in [0.25, 0.3) is 0 Å². The molecule has 0 radical (unpaired) electrons. The average Bonchev–Trinajstić information content (AvgIpc) is 3.05. The van der Waals surface area contributed by atoms with Crippen LogP contribution in [0.2, 0.25) is 0 Å². The maximum absolute atomic E-state index is 12.0. The molecule has 0 bridgehead atoms. The summed E-state index contributed by atoms with van der Waals surface area (Å²) in [4.78, 5) is 23.0. The Labute approximate surface area is 183 Å². The highest BCUT2D eigenvalue weighted by molar-refractivity contribution is 5.91. The summed E-state index contributed by atoms with van der Waals surface area (Å²) in [5.74, 6) is 3.00. The van der Waals surface area contributed by atoms with E-state index in [9.17, 15) is 14.7 Å². The van der Waals surface area contributed by atoms with Crippen LogP contribution in [0.5, 0.6) is 0 Å². The molecule has 3 nitrogen and oxygen atoms in total. The highest BCUT2D eigenvalue weighted by atomic mass is 16.4. The summed E-state index contributed by atoms with van der Waals surface area (Å²) < 4.78 is 0.